The normalized spacial score (nSPS) is 45.5. The predicted octanol–water partition coefficient (Wildman–Crippen LogP) is 9.63. The number of anilines is 1. The van der Waals surface area contributed by atoms with Gasteiger partial charge in [-0.05, 0) is 116 Å². The van der Waals surface area contributed by atoms with Crippen LogP contribution in [0.25, 0.3) is 0 Å². The van der Waals surface area contributed by atoms with Gasteiger partial charge < -0.3 is 5.32 Å². The van der Waals surface area contributed by atoms with E-state index >= 15 is 0 Å². The number of rotatable bonds is 5. The Bertz CT molecular complexity index is 883. The number of nitrogens with one attached hydrogen (secondary N) is 1. The van der Waals surface area contributed by atoms with E-state index in [0.717, 1.165) is 41.4 Å². The van der Waals surface area contributed by atoms with Crippen LogP contribution >= 0.6 is 11.8 Å². The molecule has 9 atom stereocenters. The summed E-state index contributed by atoms with van der Waals surface area (Å²) in [6.45, 7) is 12.9. The van der Waals surface area contributed by atoms with E-state index in [1.54, 1.807) is 0 Å². The first kappa shape index (κ1) is 23.7. The van der Waals surface area contributed by atoms with E-state index in [2.05, 4.69) is 76.0 Å². The van der Waals surface area contributed by atoms with Crippen molar-refractivity contribution in [1.82, 2.24) is 0 Å². The van der Waals surface area contributed by atoms with Crippen molar-refractivity contribution in [3.05, 3.63) is 24.3 Å². The fraction of sp³-hybridized carbons (Fsp3) is 0.812. The van der Waals surface area contributed by atoms with Crippen LogP contribution in [0.2, 0.25) is 0 Å². The van der Waals surface area contributed by atoms with Crippen molar-refractivity contribution in [3.63, 3.8) is 0 Å². The summed E-state index contributed by atoms with van der Waals surface area (Å²) in [4.78, 5) is 1.75. The van der Waals surface area contributed by atoms with E-state index in [1.165, 1.54) is 81.2 Å². The van der Waals surface area contributed by atoms with Gasteiger partial charge in [-0.2, -0.15) is 0 Å². The molecule has 188 valence electrons. The fourth-order valence-corrected chi connectivity index (χ4v) is 12.2. The number of para-hydroxylation sites is 1. The Morgan fingerprint density at radius 3 is 2.53 bits per heavy atom. The van der Waals surface area contributed by atoms with Gasteiger partial charge in [0.25, 0.3) is 0 Å². The van der Waals surface area contributed by atoms with Gasteiger partial charge in [-0.15, -0.1) is 0 Å². The first-order chi connectivity index (χ1) is 16.2. The molecule has 2 heteroatoms. The molecular weight excluding hydrogens is 430 g/mol. The summed E-state index contributed by atoms with van der Waals surface area (Å²) < 4.78 is 0. The molecule has 34 heavy (non-hydrogen) atoms. The molecule has 4 aliphatic carbocycles. The summed E-state index contributed by atoms with van der Waals surface area (Å²) in [7, 11) is 0. The SMILES string of the molecule is CC(C)CCC[C@@H](C)[C@H]1CC[C@H]2[C@H]3CC[C@H]4C[C@]5(C[C@]4(C)[C@@H]3CC[C@]12C)Nc1ccccc1S5. The molecule has 0 unspecified atom stereocenters. The second kappa shape index (κ2) is 8.46. The van der Waals surface area contributed by atoms with Crippen LogP contribution in [0.1, 0.15) is 105 Å². The third kappa shape index (κ3) is 3.62. The Morgan fingerprint density at radius 2 is 1.74 bits per heavy atom. The lowest BCUT2D eigenvalue weighted by atomic mass is 9.47. The molecular formula is C32H49NS. The zero-order valence-electron chi connectivity index (χ0n) is 22.5. The van der Waals surface area contributed by atoms with Crippen molar-refractivity contribution < 1.29 is 0 Å². The minimum Gasteiger partial charge on any atom is -0.369 e. The lowest BCUT2D eigenvalue weighted by Gasteiger charge is -2.58. The van der Waals surface area contributed by atoms with E-state index in [-0.39, 0.29) is 4.87 Å². The van der Waals surface area contributed by atoms with E-state index in [9.17, 15) is 0 Å². The average molecular weight is 480 g/mol. The van der Waals surface area contributed by atoms with Crippen molar-refractivity contribution in [2.45, 2.75) is 115 Å². The van der Waals surface area contributed by atoms with E-state index < -0.39 is 0 Å². The average Bonchev–Trinajstić information content (AvgIpc) is 3.41. The maximum Gasteiger partial charge on any atom is 0.0889 e. The molecule has 1 heterocycles. The summed E-state index contributed by atoms with van der Waals surface area (Å²) in [5.74, 6) is 6.64. The first-order valence-corrected chi connectivity index (χ1v) is 15.6. The van der Waals surface area contributed by atoms with Crippen LogP contribution in [-0.4, -0.2) is 4.87 Å². The molecule has 1 aliphatic heterocycles. The molecule has 1 nitrogen and oxygen atoms in total. The summed E-state index contributed by atoms with van der Waals surface area (Å²) in [5.41, 5.74) is 2.55. The summed E-state index contributed by atoms with van der Waals surface area (Å²) >= 11 is 2.17. The topological polar surface area (TPSA) is 12.0 Å². The Labute approximate surface area is 214 Å². The van der Waals surface area contributed by atoms with Gasteiger partial charge in [0.15, 0.2) is 0 Å². The summed E-state index contributed by atoms with van der Waals surface area (Å²) in [6, 6.07) is 9.06. The van der Waals surface area contributed by atoms with Crippen molar-refractivity contribution in [3.8, 4) is 0 Å². The molecule has 1 aromatic rings. The highest BCUT2D eigenvalue weighted by molar-refractivity contribution is 8.01. The summed E-state index contributed by atoms with van der Waals surface area (Å²) in [6.07, 6.45) is 16.1. The quantitative estimate of drug-likeness (QED) is 0.451. The van der Waals surface area contributed by atoms with E-state index in [0.29, 0.717) is 10.8 Å². The van der Waals surface area contributed by atoms with Crippen molar-refractivity contribution in [2.24, 2.45) is 52.3 Å². The number of fused-ring (bicyclic) bond motifs is 6. The Balaban J connectivity index is 1.18. The van der Waals surface area contributed by atoms with Crippen molar-refractivity contribution in [1.29, 1.82) is 0 Å². The van der Waals surface area contributed by atoms with E-state index in [4.69, 9.17) is 0 Å². The molecule has 0 saturated heterocycles. The second-order valence-corrected chi connectivity index (χ2v) is 15.7. The van der Waals surface area contributed by atoms with Gasteiger partial charge in [0.05, 0.1) is 4.87 Å². The smallest absolute Gasteiger partial charge is 0.0889 e. The Hall–Kier alpha value is -0.630. The Kier molecular flexibility index (Phi) is 5.91. The highest BCUT2D eigenvalue weighted by Gasteiger charge is 2.64. The number of thioether (sulfide) groups is 1. The standard InChI is InChI=1S/C32H49NS/c1-21(2)9-8-10-22(3)25-15-16-26-24-14-13-23-19-32(33-28-11-6-7-12-29(28)34-32)20-31(23,5)27(24)17-18-30(25,26)4/h6-7,11-12,21-27,33H,8-10,13-20H2,1-5H3/t22-,23+,24-,25-,26+,27-,30-,31+,32+/m1/s1. The van der Waals surface area contributed by atoms with Crippen LogP contribution in [0, 0.1) is 52.3 Å². The zero-order valence-corrected chi connectivity index (χ0v) is 23.4. The zero-order chi connectivity index (χ0) is 23.7. The molecule has 6 rings (SSSR count). The molecule has 0 radical (unpaired) electrons. The van der Waals surface area contributed by atoms with Gasteiger partial charge >= 0.3 is 0 Å². The number of benzene rings is 1. The summed E-state index contributed by atoms with van der Waals surface area (Å²) in [5, 5.41) is 4.05. The van der Waals surface area contributed by atoms with Gasteiger partial charge in [-0.3, -0.25) is 0 Å². The van der Waals surface area contributed by atoms with Gasteiger partial charge in [0.2, 0.25) is 0 Å². The maximum absolute atomic E-state index is 4.05. The monoisotopic (exact) mass is 479 g/mol. The molecule has 4 saturated carbocycles. The van der Waals surface area contributed by atoms with Gasteiger partial charge in [0.1, 0.15) is 0 Å². The van der Waals surface area contributed by atoms with Crippen molar-refractivity contribution in [2.75, 3.05) is 5.32 Å². The molecule has 0 bridgehead atoms. The molecule has 1 N–H and O–H groups in total. The molecule has 0 aromatic heterocycles. The highest BCUT2D eigenvalue weighted by atomic mass is 32.2. The Morgan fingerprint density at radius 1 is 0.941 bits per heavy atom. The predicted molar refractivity (Wildman–Crippen MR) is 147 cm³/mol. The van der Waals surface area contributed by atoms with Crippen LogP contribution in [0.5, 0.6) is 0 Å². The van der Waals surface area contributed by atoms with E-state index in [1.807, 2.05) is 0 Å². The largest absolute Gasteiger partial charge is 0.369 e. The van der Waals surface area contributed by atoms with Gasteiger partial charge in [-0.25, -0.2) is 0 Å². The van der Waals surface area contributed by atoms with Crippen LogP contribution in [-0.2, 0) is 0 Å². The first-order valence-electron chi connectivity index (χ1n) is 14.8. The minimum atomic E-state index is 0.266. The number of hydrogen-bond acceptors (Lipinski definition) is 2. The minimum absolute atomic E-state index is 0.266. The lowest BCUT2D eigenvalue weighted by molar-refractivity contribution is -0.0903. The van der Waals surface area contributed by atoms with Crippen molar-refractivity contribution >= 4 is 17.4 Å². The molecule has 5 aliphatic rings. The second-order valence-electron chi connectivity index (χ2n) is 14.3. The lowest BCUT2D eigenvalue weighted by Crippen LogP contribution is -2.51. The third-order valence-electron chi connectivity index (χ3n) is 12.1. The van der Waals surface area contributed by atoms with Crippen LogP contribution in [0.3, 0.4) is 0 Å². The van der Waals surface area contributed by atoms with Gasteiger partial charge in [0, 0.05) is 10.6 Å². The van der Waals surface area contributed by atoms with Crippen LogP contribution < -0.4 is 5.32 Å². The number of hydrogen-bond donors (Lipinski definition) is 1. The molecule has 4 fully saturated rings. The molecule has 1 spiro atoms. The van der Waals surface area contributed by atoms with Crippen LogP contribution in [0.4, 0.5) is 5.69 Å². The van der Waals surface area contributed by atoms with Crippen LogP contribution in [0.15, 0.2) is 29.2 Å². The molecule has 0 amide bonds. The maximum atomic E-state index is 4.05. The highest BCUT2D eigenvalue weighted by Crippen LogP contribution is 2.72. The van der Waals surface area contributed by atoms with Gasteiger partial charge in [-0.1, -0.05) is 77.8 Å². The molecule has 1 aromatic carbocycles. The third-order valence-corrected chi connectivity index (χ3v) is 13.4. The fourth-order valence-electron chi connectivity index (χ4n) is 10.6.